The van der Waals surface area contributed by atoms with Crippen molar-refractivity contribution < 1.29 is 22.8 Å². The van der Waals surface area contributed by atoms with Crippen LogP contribution in [0, 0.1) is 17.7 Å². The Morgan fingerprint density at radius 3 is 2.55 bits per heavy atom. The molecule has 4 heterocycles. The van der Waals surface area contributed by atoms with Gasteiger partial charge in [0.05, 0.1) is 24.6 Å². The molecule has 1 aliphatic heterocycles. The third-order valence-corrected chi connectivity index (χ3v) is 8.04. The number of nitrogens with one attached hydrogen (secondary N) is 3. The van der Waals surface area contributed by atoms with Crippen molar-refractivity contribution in [1.82, 2.24) is 40.2 Å². The summed E-state index contributed by atoms with van der Waals surface area (Å²) in [5, 5.41) is 13.6. The molecule has 13 heteroatoms. The minimum atomic E-state index is -2.93. The van der Waals surface area contributed by atoms with Crippen LogP contribution in [-0.2, 0) is 7.05 Å². The molecule has 10 nitrogen and oxygen atoms in total. The Hall–Kier alpha value is -4.16. The minimum Gasteiger partial charge on any atom is -0.340 e. The van der Waals surface area contributed by atoms with Gasteiger partial charge in [-0.1, -0.05) is 19.8 Å². The molecule has 6 rings (SSSR count). The molecule has 3 N–H and O–H groups in total. The Labute approximate surface area is 227 Å². The number of hydrogen-bond acceptors (Lipinski definition) is 5. The van der Waals surface area contributed by atoms with E-state index in [2.05, 4.69) is 37.5 Å². The van der Waals surface area contributed by atoms with E-state index < -0.39 is 36.8 Å². The molecule has 1 saturated carbocycles. The third kappa shape index (κ3) is 4.62. The van der Waals surface area contributed by atoms with Crippen molar-refractivity contribution in [2.24, 2.45) is 18.9 Å². The summed E-state index contributed by atoms with van der Waals surface area (Å²) in [4.78, 5) is 34.7. The molecule has 2 aliphatic rings. The molecule has 2 fully saturated rings. The zero-order valence-corrected chi connectivity index (χ0v) is 22.0. The van der Waals surface area contributed by atoms with Crippen LogP contribution in [0.1, 0.15) is 65.5 Å². The monoisotopic (exact) mass is 554 g/mol. The Morgan fingerprint density at radius 1 is 1.12 bits per heavy atom. The van der Waals surface area contributed by atoms with Gasteiger partial charge in [-0.25, -0.2) is 18.2 Å². The maximum absolute atomic E-state index is 15.9. The molecule has 40 heavy (non-hydrogen) atoms. The van der Waals surface area contributed by atoms with Crippen molar-refractivity contribution in [1.29, 1.82) is 0 Å². The maximum Gasteiger partial charge on any atom is 0.282 e. The number of carbonyl (C=O) groups is 2. The molecular weight excluding hydrogens is 525 g/mol. The number of halogens is 3. The highest BCUT2D eigenvalue weighted by Crippen LogP contribution is 2.38. The Balaban J connectivity index is 1.33. The fourth-order valence-corrected chi connectivity index (χ4v) is 5.72. The first-order valence-corrected chi connectivity index (χ1v) is 13.3. The lowest BCUT2D eigenvalue weighted by molar-refractivity contribution is -0.113. The van der Waals surface area contributed by atoms with Crippen LogP contribution in [0.5, 0.6) is 0 Å². The van der Waals surface area contributed by atoms with Crippen LogP contribution in [0.2, 0.25) is 0 Å². The number of imidazole rings is 1. The summed E-state index contributed by atoms with van der Waals surface area (Å²) >= 11 is 0. The number of aromatic amines is 2. The number of alkyl halides is 2. The van der Waals surface area contributed by atoms with Gasteiger partial charge in [0.2, 0.25) is 0 Å². The lowest BCUT2D eigenvalue weighted by atomic mass is 9.79. The molecule has 3 aromatic heterocycles. The van der Waals surface area contributed by atoms with Crippen molar-refractivity contribution >= 4 is 22.8 Å². The topological polar surface area (TPSA) is 125 Å². The highest BCUT2D eigenvalue weighted by Gasteiger charge is 2.47. The summed E-state index contributed by atoms with van der Waals surface area (Å²) < 4.78 is 44.1. The number of H-pyrrole nitrogens is 2. The normalized spacial score (nSPS) is 21.3. The molecule has 1 saturated heterocycles. The number of rotatable bonds is 6. The average molecular weight is 555 g/mol. The van der Waals surface area contributed by atoms with Gasteiger partial charge in [-0.15, -0.1) is 0 Å². The third-order valence-electron chi connectivity index (χ3n) is 8.04. The van der Waals surface area contributed by atoms with E-state index in [1.165, 1.54) is 16.9 Å². The van der Waals surface area contributed by atoms with Gasteiger partial charge in [0.1, 0.15) is 17.0 Å². The standard InChI is InChI=1S/C27H29F3N8O2/c1-14-3-5-15(6-4-14)21(35-25(39)19-9-10-32-37(19)2)24-33-18-8-7-16(20(28)23(18)34-24)17-11-31-36-22(17)26(40)38-12-27(29,30)13-38/h7-11,14-15,21H,3-6,12-13H2,1-2H3,(H,31,36)(H,33,34)(H,35,39)/t14-,15-,21-/m0/s1. The molecule has 0 unspecified atom stereocenters. The Bertz CT molecular complexity index is 1580. The molecular formula is C27H29F3N8O2. The quantitative estimate of drug-likeness (QED) is 0.329. The zero-order chi connectivity index (χ0) is 28.2. The number of amides is 2. The molecule has 1 aromatic carbocycles. The smallest absolute Gasteiger partial charge is 0.282 e. The minimum absolute atomic E-state index is 0.0477. The van der Waals surface area contributed by atoms with Crippen molar-refractivity contribution in [2.75, 3.05) is 13.1 Å². The molecule has 4 aromatic rings. The largest absolute Gasteiger partial charge is 0.340 e. The first-order valence-electron chi connectivity index (χ1n) is 13.3. The highest BCUT2D eigenvalue weighted by atomic mass is 19.3. The molecule has 2 amide bonds. The van der Waals surface area contributed by atoms with Crippen molar-refractivity contribution in [3.63, 3.8) is 0 Å². The van der Waals surface area contributed by atoms with Gasteiger partial charge in [0.15, 0.2) is 11.5 Å². The zero-order valence-electron chi connectivity index (χ0n) is 22.0. The van der Waals surface area contributed by atoms with Crippen LogP contribution in [-0.4, -0.2) is 65.7 Å². The lowest BCUT2D eigenvalue weighted by Crippen LogP contribution is -2.58. The first kappa shape index (κ1) is 26.1. The predicted molar refractivity (Wildman–Crippen MR) is 139 cm³/mol. The maximum atomic E-state index is 15.9. The average Bonchev–Trinajstić information content (AvgIpc) is 3.66. The Kier molecular flexibility index (Phi) is 6.38. The number of carbonyl (C=O) groups excluding carboxylic acids is 2. The van der Waals surface area contributed by atoms with E-state index >= 15 is 4.39 Å². The van der Waals surface area contributed by atoms with Gasteiger partial charge >= 0.3 is 0 Å². The predicted octanol–water partition coefficient (Wildman–Crippen LogP) is 4.21. The highest BCUT2D eigenvalue weighted by molar-refractivity contribution is 6.00. The summed E-state index contributed by atoms with van der Waals surface area (Å²) in [7, 11) is 1.69. The van der Waals surface area contributed by atoms with Crippen LogP contribution < -0.4 is 5.32 Å². The second-order valence-electron chi connectivity index (χ2n) is 10.9. The van der Waals surface area contributed by atoms with Gasteiger partial charge in [0.25, 0.3) is 17.7 Å². The summed E-state index contributed by atoms with van der Waals surface area (Å²) in [6.45, 7) is 0.808. The molecule has 0 radical (unpaired) electrons. The van der Waals surface area contributed by atoms with Crippen LogP contribution >= 0.6 is 0 Å². The van der Waals surface area contributed by atoms with Gasteiger partial charge in [-0.2, -0.15) is 10.2 Å². The van der Waals surface area contributed by atoms with Crippen molar-refractivity contribution in [3.05, 3.63) is 53.6 Å². The van der Waals surface area contributed by atoms with Crippen LogP contribution in [0.25, 0.3) is 22.2 Å². The number of aromatic nitrogens is 6. The second kappa shape index (κ2) is 9.79. The SMILES string of the molecule is Cn1nccc1C(=O)N[C@H](c1nc2c(F)c(-c3c[nH]nc3C(=O)N3CC(F)(F)C3)ccc2[nH]1)[C@H]1CC[C@H](C)CC1. The van der Waals surface area contributed by atoms with Gasteiger partial charge in [0, 0.05) is 30.6 Å². The lowest BCUT2D eigenvalue weighted by Gasteiger charge is -2.38. The second-order valence-corrected chi connectivity index (χ2v) is 10.9. The molecule has 0 bridgehead atoms. The van der Waals surface area contributed by atoms with E-state index in [1.54, 1.807) is 25.4 Å². The van der Waals surface area contributed by atoms with Gasteiger partial charge in [-0.3, -0.25) is 19.4 Å². The number of benzene rings is 1. The van der Waals surface area contributed by atoms with Gasteiger partial charge in [-0.05, 0) is 42.9 Å². The van der Waals surface area contributed by atoms with E-state index in [9.17, 15) is 18.4 Å². The van der Waals surface area contributed by atoms with Crippen LogP contribution in [0.15, 0.2) is 30.6 Å². The fourth-order valence-electron chi connectivity index (χ4n) is 5.72. The van der Waals surface area contributed by atoms with E-state index in [-0.39, 0.29) is 34.2 Å². The van der Waals surface area contributed by atoms with Crippen molar-refractivity contribution in [3.8, 4) is 11.1 Å². The number of aryl methyl sites for hydroxylation is 1. The molecule has 210 valence electrons. The first-order chi connectivity index (χ1) is 19.1. The van der Waals surface area contributed by atoms with E-state index in [0.29, 0.717) is 23.0 Å². The summed E-state index contributed by atoms with van der Waals surface area (Å²) in [5.41, 5.74) is 0.965. The number of likely N-dealkylation sites (tertiary alicyclic amines) is 1. The van der Waals surface area contributed by atoms with Gasteiger partial charge < -0.3 is 15.2 Å². The summed E-state index contributed by atoms with van der Waals surface area (Å²) in [6.07, 6.45) is 6.72. The van der Waals surface area contributed by atoms with E-state index in [0.717, 1.165) is 30.6 Å². The number of fused-ring (bicyclic) bond motifs is 1. The van der Waals surface area contributed by atoms with Crippen LogP contribution in [0.3, 0.4) is 0 Å². The Morgan fingerprint density at radius 2 is 1.88 bits per heavy atom. The van der Waals surface area contributed by atoms with E-state index in [1.807, 2.05) is 0 Å². The summed E-state index contributed by atoms with van der Waals surface area (Å²) in [5.74, 6) is -3.48. The van der Waals surface area contributed by atoms with E-state index in [4.69, 9.17) is 0 Å². The number of hydrogen-bond donors (Lipinski definition) is 3. The fraction of sp³-hybridized carbons (Fsp3) is 0.444. The van der Waals surface area contributed by atoms with Crippen molar-refractivity contribution in [2.45, 2.75) is 44.6 Å². The summed E-state index contributed by atoms with van der Waals surface area (Å²) in [6, 6.07) is 4.29. The molecule has 1 aliphatic carbocycles. The van der Waals surface area contributed by atoms with Crippen LogP contribution in [0.4, 0.5) is 13.2 Å². The number of nitrogens with zero attached hydrogens (tertiary/aromatic N) is 5. The molecule has 1 atom stereocenters. The molecule has 0 spiro atoms.